The van der Waals surface area contributed by atoms with E-state index in [9.17, 15) is 9.59 Å². The molecule has 0 aromatic heterocycles. The van der Waals surface area contributed by atoms with Gasteiger partial charge in [0, 0.05) is 11.1 Å². The molecular formula is C14H12O3. The van der Waals surface area contributed by atoms with Gasteiger partial charge in [0.05, 0.1) is 5.41 Å². The lowest BCUT2D eigenvalue weighted by Crippen LogP contribution is -2.57. The normalized spacial score (nSPS) is 41.4. The van der Waals surface area contributed by atoms with Gasteiger partial charge in [0.1, 0.15) is 5.92 Å². The van der Waals surface area contributed by atoms with Crippen LogP contribution in [0.15, 0.2) is 24.3 Å². The van der Waals surface area contributed by atoms with E-state index in [-0.39, 0.29) is 17.7 Å². The number of benzene rings is 1. The minimum absolute atomic E-state index is 0.111. The number of Topliss-reactive ketones (excluding diaryl/α,β-unsaturated/α-hetero) is 1. The van der Waals surface area contributed by atoms with E-state index in [1.165, 1.54) is 0 Å². The molecule has 17 heavy (non-hydrogen) atoms. The number of esters is 1. The Hall–Kier alpha value is -1.64. The van der Waals surface area contributed by atoms with E-state index in [0.29, 0.717) is 0 Å². The quantitative estimate of drug-likeness (QED) is 0.638. The highest BCUT2D eigenvalue weighted by atomic mass is 16.6. The van der Waals surface area contributed by atoms with Crippen molar-refractivity contribution in [2.24, 2.45) is 11.3 Å². The third-order valence-corrected chi connectivity index (χ3v) is 4.86. The molecule has 0 radical (unpaired) electrons. The average molecular weight is 228 g/mol. The standard InChI is InChI=1S/C14H12O3/c1-13-7-6-10-12(16)17-14(10,13)9-5-3-2-4-8(9)11(13)15/h2-5,10H,6-7H2,1H3/t10-,13-,14+/m1/s1. The fourth-order valence-electron chi connectivity index (χ4n) is 3.97. The van der Waals surface area contributed by atoms with E-state index < -0.39 is 11.0 Å². The van der Waals surface area contributed by atoms with Crippen LogP contribution in [0.2, 0.25) is 0 Å². The van der Waals surface area contributed by atoms with Crippen LogP contribution in [0.25, 0.3) is 0 Å². The lowest BCUT2D eigenvalue weighted by molar-refractivity contribution is -0.223. The Morgan fingerprint density at radius 2 is 2.06 bits per heavy atom. The van der Waals surface area contributed by atoms with Crippen LogP contribution in [-0.4, -0.2) is 11.8 Å². The summed E-state index contributed by atoms with van der Waals surface area (Å²) in [6.07, 6.45) is 1.52. The second-order valence-electron chi connectivity index (χ2n) is 5.45. The van der Waals surface area contributed by atoms with E-state index in [2.05, 4.69) is 0 Å². The van der Waals surface area contributed by atoms with E-state index >= 15 is 0 Å². The minimum Gasteiger partial charge on any atom is -0.452 e. The van der Waals surface area contributed by atoms with Crippen LogP contribution in [-0.2, 0) is 15.1 Å². The Morgan fingerprint density at radius 1 is 1.29 bits per heavy atom. The van der Waals surface area contributed by atoms with Crippen molar-refractivity contribution in [3.05, 3.63) is 35.4 Å². The fraction of sp³-hybridized carbons (Fsp3) is 0.429. The molecule has 86 valence electrons. The van der Waals surface area contributed by atoms with Crippen molar-refractivity contribution in [1.29, 1.82) is 0 Å². The molecule has 0 amide bonds. The predicted octanol–water partition coefficient (Wildman–Crippen LogP) is 2.05. The molecule has 0 N–H and O–H groups in total. The molecule has 3 nitrogen and oxygen atoms in total. The Kier molecular flexibility index (Phi) is 1.35. The molecule has 0 bridgehead atoms. The molecule has 2 fully saturated rings. The third-order valence-electron chi connectivity index (χ3n) is 4.86. The van der Waals surface area contributed by atoms with Crippen LogP contribution in [0.5, 0.6) is 0 Å². The second kappa shape index (κ2) is 2.45. The Bertz CT molecular complexity index is 577. The highest BCUT2D eigenvalue weighted by molar-refractivity contribution is 6.09. The molecule has 3 atom stereocenters. The molecular weight excluding hydrogens is 216 g/mol. The lowest BCUT2D eigenvalue weighted by Gasteiger charge is -2.47. The number of rotatable bonds is 0. The first kappa shape index (κ1) is 9.40. The summed E-state index contributed by atoms with van der Waals surface area (Å²) in [5, 5.41) is 0. The van der Waals surface area contributed by atoms with E-state index in [1.807, 2.05) is 31.2 Å². The van der Waals surface area contributed by atoms with Gasteiger partial charge in [0.15, 0.2) is 11.4 Å². The zero-order valence-electron chi connectivity index (χ0n) is 9.53. The summed E-state index contributed by atoms with van der Waals surface area (Å²) in [5.74, 6) is -0.110. The molecule has 1 heterocycles. The van der Waals surface area contributed by atoms with Crippen molar-refractivity contribution >= 4 is 11.8 Å². The maximum atomic E-state index is 12.5. The summed E-state index contributed by atoms with van der Waals surface area (Å²) < 4.78 is 5.51. The molecule has 1 spiro atoms. The Balaban J connectivity index is 2.05. The van der Waals surface area contributed by atoms with Crippen LogP contribution >= 0.6 is 0 Å². The average Bonchev–Trinajstić information content (AvgIpc) is 2.67. The monoisotopic (exact) mass is 228 g/mol. The van der Waals surface area contributed by atoms with Crippen LogP contribution in [0.1, 0.15) is 35.7 Å². The van der Waals surface area contributed by atoms with Gasteiger partial charge >= 0.3 is 5.97 Å². The summed E-state index contributed by atoms with van der Waals surface area (Å²) in [7, 11) is 0. The van der Waals surface area contributed by atoms with Crippen molar-refractivity contribution in [2.45, 2.75) is 25.4 Å². The van der Waals surface area contributed by atoms with Gasteiger partial charge in [0.25, 0.3) is 0 Å². The second-order valence-corrected chi connectivity index (χ2v) is 5.45. The van der Waals surface area contributed by atoms with Gasteiger partial charge in [-0.25, -0.2) is 0 Å². The lowest BCUT2D eigenvalue weighted by atomic mass is 9.69. The number of carbonyl (C=O) groups excluding carboxylic acids is 2. The first-order valence-corrected chi connectivity index (χ1v) is 5.98. The molecule has 3 aliphatic rings. The maximum absolute atomic E-state index is 12.5. The molecule has 1 saturated heterocycles. The maximum Gasteiger partial charge on any atom is 0.314 e. The van der Waals surface area contributed by atoms with E-state index in [4.69, 9.17) is 4.74 Å². The molecule has 1 aliphatic heterocycles. The van der Waals surface area contributed by atoms with Crippen molar-refractivity contribution < 1.29 is 14.3 Å². The topological polar surface area (TPSA) is 43.4 Å². The van der Waals surface area contributed by atoms with Gasteiger partial charge in [-0.1, -0.05) is 24.3 Å². The minimum atomic E-state index is -0.641. The number of carbonyl (C=O) groups is 2. The molecule has 1 saturated carbocycles. The molecule has 4 rings (SSSR count). The number of hydrogen-bond donors (Lipinski definition) is 0. The molecule has 0 unspecified atom stereocenters. The summed E-state index contributed by atoms with van der Waals surface area (Å²) in [6, 6.07) is 7.56. The van der Waals surface area contributed by atoms with Gasteiger partial charge in [-0.15, -0.1) is 0 Å². The number of hydrogen-bond acceptors (Lipinski definition) is 3. The van der Waals surface area contributed by atoms with Crippen LogP contribution in [0.4, 0.5) is 0 Å². The van der Waals surface area contributed by atoms with Gasteiger partial charge in [-0.3, -0.25) is 9.59 Å². The molecule has 1 aromatic carbocycles. The Morgan fingerprint density at radius 3 is 2.82 bits per heavy atom. The summed E-state index contributed by atoms with van der Waals surface area (Å²) in [6.45, 7) is 1.95. The number of ketones is 1. The highest BCUT2D eigenvalue weighted by Crippen LogP contribution is 2.68. The van der Waals surface area contributed by atoms with Crippen molar-refractivity contribution in [1.82, 2.24) is 0 Å². The van der Waals surface area contributed by atoms with Gasteiger partial charge in [-0.2, -0.15) is 0 Å². The first-order chi connectivity index (χ1) is 8.11. The largest absolute Gasteiger partial charge is 0.452 e. The van der Waals surface area contributed by atoms with Crippen molar-refractivity contribution in [2.75, 3.05) is 0 Å². The van der Waals surface area contributed by atoms with Crippen molar-refractivity contribution in [3.63, 3.8) is 0 Å². The highest BCUT2D eigenvalue weighted by Gasteiger charge is 2.76. The van der Waals surface area contributed by atoms with Crippen molar-refractivity contribution in [3.8, 4) is 0 Å². The SMILES string of the molecule is C[C@]12CC[C@@H]3C(=O)O[C@@]31c1ccccc1C2=O. The fourth-order valence-corrected chi connectivity index (χ4v) is 3.97. The van der Waals surface area contributed by atoms with Crippen LogP contribution in [0.3, 0.4) is 0 Å². The first-order valence-electron chi connectivity index (χ1n) is 5.98. The summed E-state index contributed by atoms with van der Waals surface area (Å²) >= 11 is 0. The third kappa shape index (κ3) is 0.716. The number of fused-ring (bicyclic) bond motifs is 1. The predicted molar refractivity (Wildman–Crippen MR) is 59.4 cm³/mol. The zero-order valence-corrected chi connectivity index (χ0v) is 9.53. The van der Waals surface area contributed by atoms with Gasteiger partial charge in [0.2, 0.25) is 0 Å². The van der Waals surface area contributed by atoms with E-state index in [0.717, 1.165) is 24.0 Å². The zero-order chi connectivity index (χ0) is 11.8. The molecule has 1 aromatic rings. The number of ether oxygens (including phenoxy) is 1. The smallest absolute Gasteiger partial charge is 0.314 e. The van der Waals surface area contributed by atoms with Gasteiger partial charge in [-0.05, 0) is 19.8 Å². The summed E-state index contributed by atoms with van der Waals surface area (Å²) in [5.41, 5.74) is 0.495. The molecule has 3 heteroatoms. The van der Waals surface area contributed by atoms with E-state index in [1.54, 1.807) is 0 Å². The van der Waals surface area contributed by atoms with Gasteiger partial charge < -0.3 is 4.74 Å². The molecule has 2 aliphatic carbocycles. The van der Waals surface area contributed by atoms with Crippen LogP contribution in [0, 0.1) is 11.3 Å². The van der Waals surface area contributed by atoms with Crippen LogP contribution < -0.4 is 0 Å². The summed E-state index contributed by atoms with van der Waals surface area (Å²) in [4.78, 5) is 24.1. The Labute approximate surface area is 98.8 Å².